The summed E-state index contributed by atoms with van der Waals surface area (Å²) in [5.41, 5.74) is -5.28. The molecule has 0 aliphatic rings. The van der Waals surface area contributed by atoms with Crippen molar-refractivity contribution in [3.8, 4) is 5.69 Å². The average Bonchev–Trinajstić information content (AvgIpc) is 2.50. The van der Waals surface area contributed by atoms with Gasteiger partial charge in [0.05, 0.1) is 16.9 Å². The van der Waals surface area contributed by atoms with E-state index in [0.717, 1.165) is 18.3 Å². The molecule has 0 amide bonds. The van der Waals surface area contributed by atoms with Crippen LogP contribution in [0.4, 0.5) is 17.6 Å². The standard InChI is InChI=1S/C13H9ClF4N4O3/c1-25-20-5-6-2-9(8(15)3-7(6)14)21-11(23)4-10(13(16,17)18)22(19)12(21)24/h2-5H,19H2,1H3/b20-5+. The number of alkyl halides is 3. The number of hydrogen-bond acceptors (Lipinski definition) is 5. The lowest BCUT2D eigenvalue weighted by Crippen LogP contribution is -2.45. The largest absolute Gasteiger partial charge is 0.433 e. The van der Waals surface area contributed by atoms with Crippen LogP contribution >= 0.6 is 11.6 Å². The normalized spacial score (nSPS) is 11.9. The van der Waals surface area contributed by atoms with Gasteiger partial charge >= 0.3 is 11.9 Å². The Labute approximate surface area is 141 Å². The number of oxime groups is 1. The van der Waals surface area contributed by atoms with E-state index in [9.17, 15) is 27.2 Å². The number of nitrogens with zero attached hydrogens (tertiary/aromatic N) is 3. The van der Waals surface area contributed by atoms with Gasteiger partial charge in [0, 0.05) is 11.6 Å². The summed E-state index contributed by atoms with van der Waals surface area (Å²) in [6.07, 6.45) is -3.98. The van der Waals surface area contributed by atoms with Crippen molar-refractivity contribution in [3.05, 3.63) is 61.1 Å². The van der Waals surface area contributed by atoms with Crippen molar-refractivity contribution >= 4 is 17.8 Å². The zero-order valence-corrected chi connectivity index (χ0v) is 13.1. The molecule has 7 nitrogen and oxygen atoms in total. The van der Waals surface area contributed by atoms with E-state index in [2.05, 4.69) is 9.99 Å². The number of aromatic nitrogens is 2. The zero-order valence-electron chi connectivity index (χ0n) is 12.3. The van der Waals surface area contributed by atoms with Gasteiger partial charge < -0.3 is 10.7 Å². The van der Waals surface area contributed by atoms with Gasteiger partial charge in [0.15, 0.2) is 5.69 Å². The molecule has 0 unspecified atom stereocenters. The fraction of sp³-hybridized carbons (Fsp3) is 0.154. The van der Waals surface area contributed by atoms with Crippen molar-refractivity contribution in [3.63, 3.8) is 0 Å². The second kappa shape index (κ2) is 6.59. The molecule has 12 heteroatoms. The third kappa shape index (κ3) is 3.50. The molecule has 0 saturated carbocycles. The lowest BCUT2D eigenvalue weighted by Gasteiger charge is -2.14. The first-order valence-corrected chi connectivity index (χ1v) is 6.73. The number of hydrogen-bond donors (Lipinski definition) is 1. The molecule has 0 saturated heterocycles. The van der Waals surface area contributed by atoms with Crippen LogP contribution in [0.5, 0.6) is 0 Å². The third-order valence-electron chi connectivity index (χ3n) is 3.03. The van der Waals surface area contributed by atoms with Crippen LogP contribution in [0.25, 0.3) is 5.69 Å². The topological polar surface area (TPSA) is 91.6 Å². The molecular formula is C13H9ClF4N4O3. The average molecular weight is 381 g/mol. The van der Waals surface area contributed by atoms with Crippen molar-refractivity contribution in [1.82, 2.24) is 9.24 Å². The van der Waals surface area contributed by atoms with E-state index in [4.69, 9.17) is 17.4 Å². The van der Waals surface area contributed by atoms with E-state index in [1.54, 1.807) is 0 Å². The van der Waals surface area contributed by atoms with E-state index in [-0.39, 0.29) is 25.9 Å². The minimum absolute atomic E-state index is 0.0506. The van der Waals surface area contributed by atoms with Crippen LogP contribution in [0.1, 0.15) is 11.3 Å². The van der Waals surface area contributed by atoms with Gasteiger partial charge in [-0.25, -0.2) is 18.4 Å². The SMILES string of the molecule is CO/N=C/c1cc(-n2c(=O)cc(C(F)(F)F)n(N)c2=O)c(F)cc1Cl. The molecule has 0 aliphatic heterocycles. The Balaban J connectivity index is 2.80. The Kier molecular flexibility index (Phi) is 4.88. The Hall–Kier alpha value is -2.82. The van der Waals surface area contributed by atoms with Crippen LogP contribution in [0.2, 0.25) is 5.02 Å². The van der Waals surface area contributed by atoms with Crippen molar-refractivity contribution in [2.45, 2.75) is 6.18 Å². The van der Waals surface area contributed by atoms with Crippen LogP contribution in [-0.2, 0) is 11.0 Å². The number of benzene rings is 1. The number of nitrogen functional groups attached to an aromatic ring is 1. The van der Waals surface area contributed by atoms with Gasteiger partial charge in [-0.1, -0.05) is 16.8 Å². The first-order chi connectivity index (χ1) is 11.6. The van der Waals surface area contributed by atoms with Gasteiger partial charge in [-0.15, -0.1) is 0 Å². The highest BCUT2D eigenvalue weighted by Gasteiger charge is 2.36. The molecule has 25 heavy (non-hydrogen) atoms. The predicted octanol–water partition coefficient (Wildman–Crippen LogP) is 1.50. The summed E-state index contributed by atoms with van der Waals surface area (Å²) in [7, 11) is 1.22. The summed E-state index contributed by atoms with van der Waals surface area (Å²) in [4.78, 5) is 28.5. The quantitative estimate of drug-likeness (QED) is 0.378. The molecule has 1 aromatic heterocycles. The maximum Gasteiger partial charge on any atom is 0.433 e. The van der Waals surface area contributed by atoms with E-state index in [1.807, 2.05) is 0 Å². The van der Waals surface area contributed by atoms with Crippen LogP contribution in [0, 0.1) is 5.82 Å². The lowest BCUT2D eigenvalue weighted by atomic mass is 10.2. The summed E-state index contributed by atoms with van der Waals surface area (Å²) in [6.45, 7) is 0. The van der Waals surface area contributed by atoms with Gasteiger partial charge in [-0.05, 0) is 12.1 Å². The first-order valence-electron chi connectivity index (χ1n) is 6.35. The van der Waals surface area contributed by atoms with E-state index >= 15 is 0 Å². The summed E-state index contributed by atoms with van der Waals surface area (Å²) in [5, 5.41) is 3.27. The van der Waals surface area contributed by atoms with Crippen molar-refractivity contribution < 1.29 is 22.4 Å². The Bertz CT molecular complexity index is 965. The molecule has 1 aromatic carbocycles. The monoisotopic (exact) mass is 380 g/mol. The fourth-order valence-electron chi connectivity index (χ4n) is 1.93. The molecule has 1 heterocycles. The summed E-state index contributed by atoms with van der Waals surface area (Å²) < 4.78 is 52.3. The van der Waals surface area contributed by atoms with Crippen LogP contribution in [0.3, 0.4) is 0 Å². The number of rotatable bonds is 3. The molecule has 0 atom stereocenters. The predicted molar refractivity (Wildman–Crippen MR) is 81.0 cm³/mol. The molecule has 134 valence electrons. The highest BCUT2D eigenvalue weighted by Crippen LogP contribution is 2.27. The minimum Gasteiger partial charge on any atom is -0.399 e. The summed E-state index contributed by atoms with van der Waals surface area (Å²) >= 11 is 5.79. The Morgan fingerprint density at radius 3 is 2.48 bits per heavy atom. The summed E-state index contributed by atoms with van der Waals surface area (Å²) in [5.74, 6) is 3.98. The van der Waals surface area contributed by atoms with Crippen molar-refractivity contribution in [2.75, 3.05) is 13.0 Å². The lowest BCUT2D eigenvalue weighted by molar-refractivity contribution is -0.143. The van der Waals surface area contributed by atoms with Gasteiger partial charge in [0.2, 0.25) is 0 Å². The van der Waals surface area contributed by atoms with Gasteiger partial charge in [0.1, 0.15) is 12.9 Å². The smallest absolute Gasteiger partial charge is 0.399 e. The first kappa shape index (κ1) is 18.5. The van der Waals surface area contributed by atoms with Crippen molar-refractivity contribution in [2.24, 2.45) is 5.16 Å². The molecule has 0 aliphatic carbocycles. The molecule has 2 aromatic rings. The number of halogens is 5. The fourth-order valence-corrected chi connectivity index (χ4v) is 2.13. The Morgan fingerprint density at radius 1 is 1.28 bits per heavy atom. The highest BCUT2D eigenvalue weighted by molar-refractivity contribution is 6.33. The van der Waals surface area contributed by atoms with Gasteiger partial charge in [-0.3, -0.25) is 4.79 Å². The number of nitrogens with two attached hydrogens (primary N) is 1. The zero-order chi connectivity index (χ0) is 18.9. The molecule has 0 radical (unpaired) electrons. The molecule has 2 N–H and O–H groups in total. The minimum atomic E-state index is -5.04. The molecular weight excluding hydrogens is 372 g/mol. The van der Waals surface area contributed by atoms with E-state index in [1.165, 1.54) is 7.11 Å². The van der Waals surface area contributed by atoms with Gasteiger partial charge in [0.25, 0.3) is 5.56 Å². The maximum absolute atomic E-state index is 14.1. The van der Waals surface area contributed by atoms with Crippen molar-refractivity contribution in [1.29, 1.82) is 0 Å². The second-order valence-electron chi connectivity index (χ2n) is 4.60. The highest BCUT2D eigenvalue weighted by atomic mass is 35.5. The van der Waals surface area contributed by atoms with Crippen LogP contribution in [-0.4, -0.2) is 22.6 Å². The second-order valence-corrected chi connectivity index (χ2v) is 5.00. The van der Waals surface area contributed by atoms with Crippen LogP contribution in [0.15, 0.2) is 32.9 Å². The van der Waals surface area contributed by atoms with Gasteiger partial charge in [-0.2, -0.15) is 13.2 Å². The van der Waals surface area contributed by atoms with E-state index < -0.39 is 34.6 Å². The van der Waals surface area contributed by atoms with Crippen LogP contribution < -0.4 is 17.1 Å². The third-order valence-corrected chi connectivity index (χ3v) is 3.36. The summed E-state index contributed by atoms with van der Waals surface area (Å²) in [6, 6.07) is 1.78. The molecule has 0 spiro atoms. The Morgan fingerprint density at radius 2 is 1.92 bits per heavy atom. The maximum atomic E-state index is 14.1. The molecule has 0 bridgehead atoms. The van der Waals surface area contributed by atoms with E-state index in [0.29, 0.717) is 0 Å². The molecule has 2 rings (SSSR count). The molecule has 0 fully saturated rings.